The molecule has 0 spiro atoms. The maximum atomic E-state index is 13.4. The summed E-state index contributed by atoms with van der Waals surface area (Å²) in [7, 11) is 1.56. The number of carbonyl (C=O) groups is 2. The Labute approximate surface area is 217 Å². The molecule has 4 aromatic rings. The molecule has 2 aliphatic rings. The quantitative estimate of drug-likeness (QED) is 0.217. The van der Waals surface area contributed by atoms with Gasteiger partial charge >= 0.3 is 5.97 Å². The van der Waals surface area contributed by atoms with Gasteiger partial charge in [-0.1, -0.05) is 37.3 Å². The molecule has 4 heterocycles. The summed E-state index contributed by atoms with van der Waals surface area (Å²) in [5, 5.41) is 11.8. The molecule has 1 atom stereocenters. The zero-order chi connectivity index (χ0) is 26.6. The van der Waals surface area contributed by atoms with E-state index in [-0.39, 0.29) is 42.0 Å². The minimum Gasteiger partial charge on any atom is -0.495 e. The smallest absolute Gasteiger partial charge is 0.343 e. The number of ether oxygens (including phenoxy) is 2. The second-order valence-electron chi connectivity index (χ2n) is 9.42. The molecule has 6 rings (SSSR count). The molecule has 8 nitrogen and oxygen atoms in total. The molecule has 0 amide bonds. The Balaban J connectivity index is 1.45. The number of aliphatic hydroxyl groups is 1. The van der Waals surface area contributed by atoms with Gasteiger partial charge in [-0.3, -0.25) is 9.59 Å². The molecule has 2 aromatic heterocycles. The van der Waals surface area contributed by atoms with E-state index >= 15 is 0 Å². The van der Waals surface area contributed by atoms with Crippen molar-refractivity contribution in [2.75, 3.05) is 7.11 Å². The minimum absolute atomic E-state index is 0.0833. The molecule has 0 fully saturated rings. The number of ketones is 1. The molecule has 0 unspecified atom stereocenters. The van der Waals surface area contributed by atoms with Crippen LogP contribution in [0.2, 0.25) is 0 Å². The molecular formula is C30H24N2O6. The highest BCUT2D eigenvalue weighted by Crippen LogP contribution is 2.40. The van der Waals surface area contributed by atoms with Crippen LogP contribution in [0.25, 0.3) is 28.4 Å². The average molecular weight is 509 g/mol. The van der Waals surface area contributed by atoms with Crippen molar-refractivity contribution >= 4 is 28.7 Å². The Morgan fingerprint density at radius 3 is 2.71 bits per heavy atom. The van der Waals surface area contributed by atoms with Crippen LogP contribution in [0.1, 0.15) is 46.0 Å². The summed E-state index contributed by atoms with van der Waals surface area (Å²) >= 11 is 0. The van der Waals surface area contributed by atoms with E-state index in [0.29, 0.717) is 28.2 Å². The van der Waals surface area contributed by atoms with Gasteiger partial charge < -0.3 is 19.1 Å². The highest BCUT2D eigenvalue weighted by atomic mass is 16.6. The zero-order valence-electron chi connectivity index (χ0n) is 20.9. The Kier molecular flexibility index (Phi) is 5.50. The Morgan fingerprint density at radius 2 is 1.97 bits per heavy atom. The summed E-state index contributed by atoms with van der Waals surface area (Å²) in [6.07, 6.45) is 3.31. The van der Waals surface area contributed by atoms with Crippen LogP contribution in [0, 0.1) is 0 Å². The number of cyclic esters (lactones) is 1. The number of carbonyl (C=O) groups excluding carboxylic acids is 2. The van der Waals surface area contributed by atoms with E-state index in [2.05, 4.69) is 0 Å². The predicted octanol–water partition coefficient (Wildman–Crippen LogP) is 3.98. The van der Waals surface area contributed by atoms with Gasteiger partial charge in [-0.15, -0.1) is 0 Å². The fraction of sp³-hybridized carbons (Fsp3) is 0.200. The summed E-state index contributed by atoms with van der Waals surface area (Å²) in [4.78, 5) is 43.2. The highest BCUT2D eigenvalue weighted by molar-refractivity contribution is 6.07. The molecule has 0 saturated heterocycles. The topological polar surface area (TPSA) is 108 Å². The van der Waals surface area contributed by atoms with Crippen LogP contribution in [0.15, 0.2) is 65.5 Å². The summed E-state index contributed by atoms with van der Waals surface area (Å²) in [5.74, 6) is -0.303. The molecule has 8 heteroatoms. The SMILES string of the molecule is CC[C@@]1(O)C(=O)OCc2c1cc1n(c2=O)Cc2cc3c(OC)c(/C=C/C(=O)c4ccccc4)ccc3nc2-1. The number of pyridine rings is 2. The van der Waals surface area contributed by atoms with E-state index in [9.17, 15) is 19.5 Å². The highest BCUT2D eigenvalue weighted by Gasteiger charge is 2.45. The third-order valence-corrected chi connectivity index (χ3v) is 7.35. The van der Waals surface area contributed by atoms with Gasteiger partial charge in [-0.25, -0.2) is 9.78 Å². The molecular weight excluding hydrogens is 484 g/mol. The zero-order valence-corrected chi connectivity index (χ0v) is 20.9. The standard InChI is InChI=1S/C30H24N2O6/c1-3-30(36)22-14-24-26-19(15-32(24)28(34)21(22)16-38-29(30)35)13-20-23(31-26)11-9-18(27(20)37-2)10-12-25(33)17-7-5-4-6-8-17/h4-14,36H,3,15-16H2,1-2H3/b12-10+/t30-/m0/s1. The Hall–Kier alpha value is -4.56. The van der Waals surface area contributed by atoms with E-state index in [4.69, 9.17) is 14.5 Å². The van der Waals surface area contributed by atoms with Crippen molar-refractivity contribution in [2.24, 2.45) is 0 Å². The molecule has 190 valence electrons. The van der Waals surface area contributed by atoms with Crippen LogP contribution in [-0.2, 0) is 28.3 Å². The number of allylic oxidation sites excluding steroid dienone is 1. The van der Waals surface area contributed by atoms with E-state index < -0.39 is 11.6 Å². The lowest BCUT2D eigenvalue weighted by Crippen LogP contribution is -2.44. The second kappa shape index (κ2) is 8.78. The lowest BCUT2D eigenvalue weighted by Gasteiger charge is -2.31. The summed E-state index contributed by atoms with van der Waals surface area (Å²) in [6.45, 7) is 1.78. The molecule has 0 radical (unpaired) electrons. The fourth-order valence-electron chi connectivity index (χ4n) is 5.27. The average Bonchev–Trinajstić information content (AvgIpc) is 3.30. The Morgan fingerprint density at radius 1 is 1.18 bits per heavy atom. The van der Waals surface area contributed by atoms with Crippen molar-refractivity contribution in [1.29, 1.82) is 0 Å². The number of fused-ring (bicyclic) bond motifs is 5. The molecule has 0 aliphatic carbocycles. The van der Waals surface area contributed by atoms with Crippen LogP contribution in [-0.4, -0.2) is 33.5 Å². The number of esters is 1. The van der Waals surface area contributed by atoms with Crippen molar-refractivity contribution in [3.63, 3.8) is 0 Å². The third kappa shape index (κ3) is 3.48. The molecule has 1 N–H and O–H groups in total. The number of hydrogen-bond donors (Lipinski definition) is 1. The second-order valence-corrected chi connectivity index (χ2v) is 9.42. The van der Waals surface area contributed by atoms with Crippen LogP contribution in [0.3, 0.4) is 0 Å². The molecule has 2 aliphatic heterocycles. The van der Waals surface area contributed by atoms with Gasteiger partial charge in [0, 0.05) is 27.6 Å². The van der Waals surface area contributed by atoms with Crippen molar-refractivity contribution in [3.8, 4) is 17.1 Å². The fourth-order valence-corrected chi connectivity index (χ4v) is 5.27. The predicted molar refractivity (Wildman–Crippen MR) is 141 cm³/mol. The lowest BCUT2D eigenvalue weighted by atomic mass is 9.86. The lowest BCUT2D eigenvalue weighted by molar-refractivity contribution is -0.172. The molecule has 0 saturated carbocycles. The van der Waals surface area contributed by atoms with Crippen molar-refractivity contribution in [1.82, 2.24) is 9.55 Å². The van der Waals surface area contributed by atoms with Gasteiger partial charge in [-0.05, 0) is 42.8 Å². The number of nitrogens with zero attached hydrogens (tertiary/aromatic N) is 2. The number of hydrogen-bond acceptors (Lipinski definition) is 7. The first-order valence-corrected chi connectivity index (χ1v) is 12.3. The monoisotopic (exact) mass is 508 g/mol. The number of methoxy groups -OCH3 is 1. The van der Waals surface area contributed by atoms with Crippen molar-refractivity contribution in [3.05, 3.63) is 98.8 Å². The molecule has 38 heavy (non-hydrogen) atoms. The Bertz CT molecular complexity index is 1740. The third-order valence-electron chi connectivity index (χ3n) is 7.35. The molecule has 0 bridgehead atoms. The first-order valence-electron chi connectivity index (χ1n) is 12.3. The van der Waals surface area contributed by atoms with E-state index in [1.165, 1.54) is 6.08 Å². The van der Waals surface area contributed by atoms with Crippen LogP contribution >= 0.6 is 0 Å². The molecule has 2 aromatic carbocycles. The minimum atomic E-state index is -1.87. The van der Waals surface area contributed by atoms with Gasteiger partial charge in [0.15, 0.2) is 11.4 Å². The normalized spacial score (nSPS) is 17.7. The van der Waals surface area contributed by atoms with Crippen LogP contribution in [0.4, 0.5) is 0 Å². The first-order chi connectivity index (χ1) is 18.4. The summed E-state index contributed by atoms with van der Waals surface area (Å²) in [6, 6.07) is 16.3. The van der Waals surface area contributed by atoms with Gasteiger partial charge in [0.05, 0.1) is 36.1 Å². The van der Waals surface area contributed by atoms with Crippen LogP contribution < -0.4 is 10.3 Å². The van der Waals surface area contributed by atoms with Gasteiger partial charge in [0.1, 0.15) is 12.4 Å². The summed E-state index contributed by atoms with van der Waals surface area (Å²) < 4.78 is 12.5. The van der Waals surface area contributed by atoms with Gasteiger partial charge in [0.2, 0.25) is 0 Å². The maximum Gasteiger partial charge on any atom is 0.343 e. The van der Waals surface area contributed by atoms with Crippen molar-refractivity contribution in [2.45, 2.75) is 32.1 Å². The number of aromatic nitrogens is 2. The van der Waals surface area contributed by atoms with Gasteiger partial charge in [-0.2, -0.15) is 0 Å². The first kappa shape index (κ1) is 23.8. The van der Waals surface area contributed by atoms with E-state index in [0.717, 1.165) is 16.5 Å². The maximum absolute atomic E-state index is 13.4. The van der Waals surface area contributed by atoms with E-state index in [1.807, 2.05) is 36.4 Å². The largest absolute Gasteiger partial charge is 0.495 e. The number of rotatable bonds is 5. The van der Waals surface area contributed by atoms with Gasteiger partial charge in [0.25, 0.3) is 5.56 Å². The van der Waals surface area contributed by atoms with Crippen molar-refractivity contribution < 1.29 is 24.2 Å². The van der Waals surface area contributed by atoms with E-state index in [1.54, 1.807) is 42.9 Å². The summed E-state index contributed by atoms with van der Waals surface area (Å²) in [5.41, 5.74) is 2.31. The number of benzene rings is 2. The van der Waals surface area contributed by atoms with Crippen LogP contribution in [0.5, 0.6) is 5.75 Å².